The van der Waals surface area contributed by atoms with Crippen molar-refractivity contribution in [1.29, 1.82) is 0 Å². The first-order valence-electron chi connectivity index (χ1n) is 8.13. The number of anilines is 2. The average Bonchev–Trinajstić information content (AvgIpc) is 2.71. The van der Waals surface area contributed by atoms with Crippen LogP contribution in [0.15, 0.2) is 60.9 Å². The largest absolute Gasteiger partial charge is 0.497 e. The second-order valence-corrected chi connectivity index (χ2v) is 6.53. The van der Waals surface area contributed by atoms with Gasteiger partial charge in [0.2, 0.25) is 0 Å². The number of halogens is 2. The summed E-state index contributed by atoms with van der Waals surface area (Å²) >= 11 is 12.5. The Kier molecular flexibility index (Phi) is 4.79. The van der Waals surface area contributed by atoms with E-state index in [9.17, 15) is 0 Å². The van der Waals surface area contributed by atoms with Crippen LogP contribution in [0.4, 0.5) is 11.5 Å². The highest BCUT2D eigenvalue weighted by molar-refractivity contribution is 6.43. The van der Waals surface area contributed by atoms with Gasteiger partial charge in [0.15, 0.2) is 5.82 Å². The molecular weight excluding hydrogens is 383 g/mol. The van der Waals surface area contributed by atoms with E-state index in [-0.39, 0.29) is 0 Å². The molecule has 0 fully saturated rings. The van der Waals surface area contributed by atoms with Gasteiger partial charge in [-0.3, -0.25) is 4.98 Å². The molecule has 0 bridgehead atoms. The Hall–Kier alpha value is -2.89. The molecule has 134 valence electrons. The van der Waals surface area contributed by atoms with Gasteiger partial charge < -0.3 is 10.1 Å². The maximum atomic E-state index is 6.34. The van der Waals surface area contributed by atoms with Crippen LogP contribution in [0.2, 0.25) is 10.0 Å². The highest BCUT2D eigenvalue weighted by atomic mass is 35.5. The number of fused-ring (bicyclic) bond motifs is 1. The number of nitrogens with zero attached hydrogens (tertiary/aromatic N) is 3. The topological polar surface area (TPSA) is 59.9 Å². The van der Waals surface area contributed by atoms with E-state index in [4.69, 9.17) is 32.9 Å². The van der Waals surface area contributed by atoms with Crippen LogP contribution < -0.4 is 10.1 Å². The van der Waals surface area contributed by atoms with Crippen molar-refractivity contribution in [3.63, 3.8) is 0 Å². The predicted molar refractivity (Wildman–Crippen MR) is 109 cm³/mol. The van der Waals surface area contributed by atoms with Gasteiger partial charge in [0.25, 0.3) is 0 Å². The van der Waals surface area contributed by atoms with Crippen molar-refractivity contribution in [1.82, 2.24) is 15.0 Å². The standard InChI is InChI=1S/C20H14Cl2N4O/c1-27-13-7-8-16-14(10-13)20(25-17-6-2-5-15(21)18(17)22)26-19(24-16)12-4-3-9-23-11-12/h2-11H,1H3,(H,24,25,26). The fourth-order valence-electron chi connectivity index (χ4n) is 2.68. The van der Waals surface area contributed by atoms with Gasteiger partial charge in [-0.15, -0.1) is 0 Å². The molecule has 0 aliphatic carbocycles. The lowest BCUT2D eigenvalue weighted by Crippen LogP contribution is -2.00. The molecule has 0 saturated carbocycles. The van der Waals surface area contributed by atoms with Gasteiger partial charge in [0.05, 0.1) is 28.4 Å². The molecule has 0 aliphatic rings. The van der Waals surface area contributed by atoms with Crippen LogP contribution in [0.1, 0.15) is 0 Å². The first kappa shape index (κ1) is 17.5. The molecule has 0 atom stereocenters. The van der Waals surface area contributed by atoms with Crippen LogP contribution in [0.3, 0.4) is 0 Å². The van der Waals surface area contributed by atoms with E-state index in [0.29, 0.717) is 33.1 Å². The number of methoxy groups -OCH3 is 1. The Morgan fingerprint density at radius 3 is 2.67 bits per heavy atom. The summed E-state index contributed by atoms with van der Waals surface area (Å²) in [5.41, 5.74) is 2.24. The minimum Gasteiger partial charge on any atom is -0.497 e. The zero-order chi connectivity index (χ0) is 18.8. The zero-order valence-electron chi connectivity index (χ0n) is 14.3. The molecule has 5 nitrogen and oxygen atoms in total. The molecule has 2 aromatic heterocycles. The molecule has 0 radical (unpaired) electrons. The molecule has 7 heteroatoms. The number of hydrogen-bond donors (Lipinski definition) is 1. The zero-order valence-corrected chi connectivity index (χ0v) is 15.8. The summed E-state index contributed by atoms with van der Waals surface area (Å²) in [6.07, 6.45) is 3.43. The number of aromatic nitrogens is 3. The Labute approximate surface area is 166 Å². The number of benzene rings is 2. The fraction of sp³-hybridized carbons (Fsp3) is 0.0500. The minimum absolute atomic E-state index is 0.428. The Bertz CT molecular complexity index is 1120. The summed E-state index contributed by atoms with van der Waals surface area (Å²) in [5.74, 6) is 1.86. The molecule has 0 saturated heterocycles. The number of hydrogen-bond acceptors (Lipinski definition) is 5. The molecule has 2 heterocycles. The minimum atomic E-state index is 0.428. The van der Waals surface area contributed by atoms with Crippen molar-refractivity contribution in [2.45, 2.75) is 0 Å². The summed E-state index contributed by atoms with van der Waals surface area (Å²) in [6, 6.07) is 14.8. The van der Waals surface area contributed by atoms with Gasteiger partial charge >= 0.3 is 0 Å². The molecule has 4 aromatic rings. The monoisotopic (exact) mass is 396 g/mol. The summed E-state index contributed by atoms with van der Waals surface area (Å²) in [7, 11) is 1.62. The van der Waals surface area contributed by atoms with Crippen molar-refractivity contribution in [3.05, 3.63) is 71.0 Å². The van der Waals surface area contributed by atoms with E-state index >= 15 is 0 Å². The number of rotatable bonds is 4. The Balaban J connectivity index is 1.91. The first-order chi connectivity index (χ1) is 13.2. The third-order valence-corrected chi connectivity index (χ3v) is 4.85. The van der Waals surface area contributed by atoms with Crippen LogP contribution in [-0.2, 0) is 0 Å². The quantitative estimate of drug-likeness (QED) is 0.475. The van der Waals surface area contributed by atoms with Crippen molar-refractivity contribution >= 4 is 45.6 Å². The lowest BCUT2D eigenvalue weighted by atomic mass is 10.2. The van der Waals surface area contributed by atoms with E-state index in [2.05, 4.69) is 15.3 Å². The van der Waals surface area contributed by atoms with Crippen molar-refractivity contribution < 1.29 is 4.74 Å². The van der Waals surface area contributed by atoms with E-state index in [0.717, 1.165) is 16.5 Å². The average molecular weight is 397 g/mol. The molecule has 27 heavy (non-hydrogen) atoms. The predicted octanol–water partition coefficient (Wildman–Crippen LogP) is 5.75. The first-order valence-corrected chi connectivity index (χ1v) is 8.88. The van der Waals surface area contributed by atoms with Crippen molar-refractivity contribution in [3.8, 4) is 17.1 Å². The summed E-state index contributed by atoms with van der Waals surface area (Å²) in [5, 5.41) is 4.97. The van der Waals surface area contributed by atoms with Gasteiger partial charge in [-0.25, -0.2) is 9.97 Å². The lowest BCUT2D eigenvalue weighted by molar-refractivity contribution is 0.415. The van der Waals surface area contributed by atoms with Crippen LogP contribution >= 0.6 is 23.2 Å². The third-order valence-electron chi connectivity index (χ3n) is 4.03. The fourth-order valence-corrected chi connectivity index (χ4v) is 3.03. The van der Waals surface area contributed by atoms with Crippen LogP contribution in [0, 0.1) is 0 Å². The highest BCUT2D eigenvalue weighted by Gasteiger charge is 2.13. The van der Waals surface area contributed by atoms with Gasteiger partial charge in [0, 0.05) is 23.3 Å². The smallest absolute Gasteiger partial charge is 0.163 e. The normalized spacial score (nSPS) is 10.8. The summed E-state index contributed by atoms with van der Waals surface area (Å²) in [6.45, 7) is 0. The molecule has 1 N–H and O–H groups in total. The van der Waals surface area contributed by atoms with Crippen LogP contribution in [-0.4, -0.2) is 22.1 Å². The van der Waals surface area contributed by atoms with E-state index in [1.165, 1.54) is 0 Å². The van der Waals surface area contributed by atoms with E-state index < -0.39 is 0 Å². The van der Waals surface area contributed by atoms with E-state index in [1.807, 2.05) is 42.5 Å². The molecular formula is C20H14Cl2N4O. The number of pyridine rings is 1. The maximum absolute atomic E-state index is 6.34. The lowest BCUT2D eigenvalue weighted by Gasteiger charge is -2.13. The van der Waals surface area contributed by atoms with Gasteiger partial charge in [-0.05, 0) is 42.5 Å². The van der Waals surface area contributed by atoms with Gasteiger partial charge in [-0.2, -0.15) is 0 Å². The van der Waals surface area contributed by atoms with E-state index in [1.54, 1.807) is 25.6 Å². The van der Waals surface area contributed by atoms with Crippen LogP contribution in [0.25, 0.3) is 22.3 Å². The number of nitrogens with one attached hydrogen (secondary N) is 1. The van der Waals surface area contributed by atoms with Gasteiger partial charge in [0.1, 0.15) is 11.6 Å². The second-order valence-electron chi connectivity index (χ2n) is 5.75. The van der Waals surface area contributed by atoms with Crippen molar-refractivity contribution in [2.75, 3.05) is 12.4 Å². The number of ether oxygens (including phenoxy) is 1. The third kappa shape index (κ3) is 3.52. The SMILES string of the molecule is COc1ccc2nc(-c3cccnc3)nc(Nc3cccc(Cl)c3Cl)c2c1. The van der Waals surface area contributed by atoms with Crippen LogP contribution in [0.5, 0.6) is 5.75 Å². The Morgan fingerprint density at radius 2 is 1.89 bits per heavy atom. The van der Waals surface area contributed by atoms with Gasteiger partial charge in [-0.1, -0.05) is 29.3 Å². The summed E-state index contributed by atoms with van der Waals surface area (Å²) < 4.78 is 5.34. The van der Waals surface area contributed by atoms with Crippen molar-refractivity contribution in [2.24, 2.45) is 0 Å². The molecule has 0 aliphatic heterocycles. The molecule has 4 rings (SSSR count). The molecule has 0 unspecified atom stereocenters. The molecule has 0 spiro atoms. The second kappa shape index (κ2) is 7.39. The summed E-state index contributed by atoms with van der Waals surface area (Å²) in [4.78, 5) is 13.5. The highest BCUT2D eigenvalue weighted by Crippen LogP contribution is 2.34. The Morgan fingerprint density at radius 1 is 1.00 bits per heavy atom. The molecule has 0 amide bonds. The molecule has 2 aromatic carbocycles. The maximum Gasteiger partial charge on any atom is 0.163 e.